The first-order valence-electron chi connectivity index (χ1n) is 8.87. The van der Waals surface area contributed by atoms with Crippen LogP contribution in [0.5, 0.6) is 5.75 Å². The summed E-state index contributed by atoms with van der Waals surface area (Å²) in [5.41, 5.74) is 1.18. The maximum Gasteiger partial charge on any atom is 0.266 e. The fraction of sp³-hybridized carbons (Fsp3) is 0.200. The lowest BCUT2D eigenvalue weighted by Crippen LogP contribution is -2.28. The van der Waals surface area contributed by atoms with Crippen molar-refractivity contribution in [2.75, 3.05) is 13.7 Å². The van der Waals surface area contributed by atoms with Gasteiger partial charge in [0.1, 0.15) is 11.6 Å². The Morgan fingerprint density at radius 3 is 2.38 bits per heavy atom. The van der Waals surface area contributed by atoms with Crippen LogP contribution in [0.2, 0.25) is 0 Å². The van der Waals surface area contributed by atoms with E-state index in [0.29, 0.717) is 12.1 Å². The first-order chi connectivity index (χ1) is 13.9. The number of benzene rings is 2. The molecule has 0 bridgehead atoms. The summed E-state index contributed by atoms with van der Waals surface area (Å²) < 4.78 is 46.2. The molecule has 1 heterocycles. The molecule has 0 fully saturated rings. The van der Waals surface area contributed by atoms with Crippen molar-refractivity contribution in [1.29, 1.82) is 0 Å². The molecule has 0 aliphatic heterocycles. The van der Waals surface area contributed by atoms with E-state index in [-0.39, 0.29) is 23.5 Å². The lowest BCUT2D eigenvalue weighted by molar-refractivity contribution is 0.415. The minimum atomic E-state index is -3.74. The molecule has 9 heteroatoms. The van der Waals surface area contributed by atoms with Crippen LogP contribution in [0.3, 0.4) is 0 Å². The van der Waals surface area contributed by atoms with Gasteiger partial charge in [-0.25, -0.2) is 22.2 Å². The first kappa shape index (κ1) is 20.7. The molecule has 29 heavy (non-hydrogen) atoms. The minimum Gasteiger partial charge on any atom is -0.497 e. The third kappa shape index (κ3) is 5.27. The van der Waals surface area contributed by atoms with Crippen LogP contribution in [0.25, 0.3) is 11.3 Å². The van der Waals surface area contributed by atoms with Gasteiger partial charge in [-0.3, -0.25) is 4.79 Å². The molecule has 0 amide bonds. The number of aromatic nitrogens is 2. The summed E-state index contributed by atoms with van der Waals surface area (Å²) in [5.74, 6) is 0.210. The monoisotopic (exact) mass is 417 g/mol. The molecule has 7 nitrogen and oxygen atoms in total. The van der Waals surface area contributed by atoms with E-state index >= 15 is 0 Å². The number of aryl methyl sites for hydroxylation is 1. The second-order valence-corrected chi connectivity index (χ2v) is 7.98. The van der Waals surface area contributed by atoms with Crippen LogP contribution in [0.15, 0.2) is 70.4 Å². The number of hydrogen-bond acceptors (Lipinski definition) is 5. The Hall–Kier alpha value is -3.04. The molecule has 0 spiro atoms. The molecule has 1 N–H and O–H groups in total. The van der Waals surface area contributed by atoms with Crippen molar-refractivity contribution in [2.45, 2.75) is 17.9 Å². The van der Waals surface area contributed by atoms with Crippen LogP contribution < -0.4 is 15.0 Å². The number of halogens is 1. The number of nitrogens with zero attached hydrogens (tertiary/aromatic N) is 2. The van der Waals surface area contributed by atoms with E-state index < -0.39 is 15.8 Å². The number of sulfonamides is 1. The van der Waals surface area contributed by atoms with Crippen molar-refractivity contribution in [3.05, 3.63) is 76.8 Å². The Labute approximate surface area is 167 Å². The number of rotatable bonds is 8. The molecule has 1 aromatic heterocycles. The van der Waals surface area contributed by atoms with Crippen molar-refractivity contribution in [2.24, 2.45) is 0 Å². The number of hydrogen-bond donors (Lipinski definition) is 1. The molecule has 3 aromatic rings. The second kappa shape index (κ2) is 8.97. The molecule has 0 radical (unpaired) electrons. The zero-order chi connectivity index (χ0) is 20.9. The van der Waals surface area contributed by atoms with Gasteiger partial charge in [0.25, 0.3) is 5.56 Å². The predicted octanol–water partition coefficient (Wildman–Crippen LogP) is 2.43. The Balaban J connectivity index is 1.63. The highest BCUT2D eigenvalue weighted by Gasteiger charge is 2.13. The zero-order valence-corrected chi connectivity index (χ0v) is 16.5. The first-order valence-corrected chi connectivity index (χ1v) is 10.4. The van der Waals surface area contributed by atoms with E-state index in [4.69, 9.17) is 4.74 Å². The lowest BCUT2D eigenvalue weighted by atomic mass is 10.1. The third-order valence-corrected chi connectivity index (χ3v) is 5.69. The lowest BCUT2D eigenvalue weighted by Gasteiger charge is -2.09. The quantitative estimate of drug-likeness (QED) is 0.569. The predicted molar refractivity (Wildman–Crippen MR) is 107 cm³/mol. The normalized spacial score (nSPS) is 11.4. The van der Waals surface area contributed by atoms with Crippen molar-refractivity contribution in [1.82, 2.24) is 14.5 Å². The summed E-state index contributed by atoms with van der Waals surface area (Å²) in [7, 11) is -2.15. The summed E-state index contributed by atoms with van der Waals surface area (Å²) in [6, 6.07) is 14.9. The van der Waals surface area contributed by atoms with Gasteiger partial charge in [-0.15, -0.1) is 0 Å². The largest absolute Gasteiger partial charge is 0.497 e. The van der Waals surface area contributed by atoms with Crippen molar-refractivity contribution >= 4 is 10.0 Å². The van der Waals surface area contributed by atoms with Gasteiger partial charge in [-0.1, -0.05) is 0 Å². The van der Waals surface area contributed by atoms with Crippen molar-refractivity contribution in [3.63, 3.8) is 0 Å². The average Bonchev–Trinajstić information content (AvgIpc) is 2.73. The molecular weight excluding hydrogens is 397 g/mol. The van der Waals surface area contributed by atoms with Crippen LogP contribution in [0.1, 0.15) is 6.42 Å². The van der Waals surface area contributed by atoms with E-state index in [1.54, 1.807) is 25.3 Å². The molecular formula is C20H20FN3O4S. The Morgan fingerprint density at radius 1 is 1.03 bits per heavy atom. The SMILES string of the molecule is COc1ccc(-c2ccc(=O)n(CCCNS(=O)(=O)c3ccc(F)cc3)n2)cc1. The highest BCUT2D eigenvalue weighted by atomic mass is 32.2. The summed E-state index contributed by atoms with van der Waals surface area (Å²) in [4.78, 5) is 12.0. The van der Waals surface area contributed by atoms with Gasteiger partial charge in [0.15, 0.2) is 0 Å². The van der Waals surface area contributed by atoms with Crippen LogP contribution in [0, 0.1) is 5.82 Å². The average molecular weight is 417 g/mol. The summed E-state index contributed by atoms with van der Waals surface area (Å²) in [6.45, 7) is 0.357. The molecule has 0 aliphatic carbocycles. The fourth-order valence-corrected chi connectivity index (χ4v) is 3.73. The van der Waals surface area contributed by atoms with Gasteiger partial charge in [0.05, 0.1) is 17.7 Å². The molecule has 0 atom stereocenters. The van der Waals surface area contributed by atoms with E-state index in [2.05, 4.69) is 9.82 Å². The highest BCUT2D eigenvalue weighted by molar-refractivity contribution is 7.89. The van der Waals surface area contributed by atoms with E-state index in [1.807, 2.05) is 12.1 Å². The maximum absolute atomic E-state index is 12.9. The molecule has 0 aliphatic rings. The Morgan fingerprint density at radius 2 is 1.72 bits per heavy atom. The molecule has 0 unspecified atom stereocenters. The van der Waals surface area contributed by atoms with Crippen LogP contribution in [0.4, 0.5) is 4.39 Å². The van der Waals surface area contributed by atoms with Crippen molar-refractivity contribution < 1.29 is 17.5 Å². The smallest absolute Gasteiger partial charge is 0.266 e. The van der Waals surface area contributed by atoms with Gasteiger partial charge >= 0.3 is 0 Å². The third-order valence-electron chi connectivity index (χ3n) is 4.22. The summed E-state index contributed by atoms with van der Waals surface area (Å²) in [5, 5.41) is 4.34. The molecule has 0 saturated carbocycles. The molecule has 2 aromatic carbocycles. The van der Waals surface area contributed by atoms with Crippen LogP contribution in [-0.2, 0) is 16.6 Å². The van der Waals surface area contributed by atoms with Gasteiger partial charge in [-0.05, 0) is 61.0 Å². The van der Waals surface area contributed by atoms with Gasteiger partial charge < -0.3 is 4.74 Å². The minimum absolute atomic E-state index is 0.0179. The summed E-state index contributed by atoms with van der Waals surface area (Å²) in [6.07, 6.45) is 0.361. The van der Waals surface area contributed by atoms with Gasteiger partial charge in [-0.2, -0.15) is 5.10 Å². The Kier molecular flexibility index (Phi) is 6.40. The molecule has 0 saturated heterocycles. The summed E-state index contributed by atoms with van der Waals surface area (Å²) >= 11 is 0. The standard InChI is InChI=1S/C20H20FN3O4S/c1-28-17-7-3-15(4-8-17)19-11-12-20(25)24(23-19)14-2-13-22-29(26,27)18-9-5-16(21)6-10-18/h3-12,22H,2,13-14H2,1H3. The second-order valence-electron chi connectivity index (χ2n) is 6.21. The van der Waals surface area contributed by atoms with Gasteiger partial charge in [0.2, 0.25) is 10.0 Å². The van der Waals surface area contributed by atoms with Crippen LogP contribution >= 0.6 is 0 Å². The molecule has 3 rings (SSSR count). The van der Waals surface area contributed by atoms with E-state index in [9.17, 15) is 17.6 Å². The van der Waals surface area contributed by atoms with E-state index in [0.717, 1.165) is 23.4 Å². The maximum atomic E-state index is 12.9. The van der Waals surface area contributed by atoms with Crippen LogP contribution in [-0.4, -0.2) is 31.9 Å². The van der Waals surface area contributed by atoms with Gasteiger partial charge in [0, 0.05) is 24.7 Å². The number of ether oxygens (including phenoxy) is 1. The zero-order valence-electron chi connectivity index (χ0n) is 15.7. The number of nitrogens with one attached hydrogen (secondary N) is 1. The number of methoxy groups -OCH3 is 1. The van der Waals surface area contributed by atoms with E-state index in [1.165, 1.54) is 22.9 Å². The molecule has 152 valence electrons. The highest BCUT2D eigenvalue weighted by Crippen LogP contribution is 2.19. The topological polar surface area (TPSA) is 90.3 Å². The fourth-order valence-electron chi connectivity index (χ4n) is 2.66. The van der Waals surface area contributed by atoms with Crippen molar-refractivity contribution in [3.8, 4) is 17.0 Å². The Bertz CT molecular complexity index is 1130.